The van der Waals surface area contributed by atoms with Crippen LogP contribution in [0.1, 0.15) is 26.2 Å². The van der Waals surface area contributed by atoms with Gasteiger partial charge in [0.15, 0.2) is 0 Å². The van der Waals surface area contributed by atoms with Crippen molar-refractivity contribution in [3.63, 3.8) is 0 Å². The average Bonchev–Trinajstić information content (AvgIpc) is 2.34. The number of carboxylic acids is 1. The monoisotopic (exact) mass is 292 g/mol. The van der Waals surface area contributed by atoms with Gasteiger partial charge in [0.25, 0.3) is 0 Å². The number of aliphatic carboxylic acids is 1. The minimum absolute atomic E-state index is 0.303. The maximum atomic E-state index is 11.9. The van der Waals surface area contributed by atoms with Gasteiger partial charge in [-0.3, -0.25) is 4.79 Å². The first kappa shape index (κ1) is 15.9. The Morgan fingerprint density at radius 2 is 1.89 bits per heavy atom. The molecule has 0 unspecified atom stereocenters. The average molecular weight is 292 g/mol. The molecule has 0 aliphatic carbocycles. The molecular formula is C11H20N2O5S. The van der Waals surface area contributed by atoms with Crippen LogP contribution in [0.4, 0.5) is 0 Å². The number of rotatable bonds is 5. The zero-order valence-corrected chi connectivity index (χ0v) is 11.9. The van der Waals surface area contributed by atoms with E-state index >= 15 is 0 Å². The van der Waals surface area contributed by atoms with Crippen molar-refractivity contribution < 1.29 is 23.1 Å². The van der Waals surface area contributed by atoms with E-state index in [4.69, 9.17) is 5.11 Å². The highest BCUT2D eigenvalue weighted by atomic mass is 32.2. The third-order valence-corrected chi connectivity index (χ3v) is 4.62. The van der Waals surface area contributed by atoms with Crippen LogP contribution in [-0.2, 0) is 19.6 Å². The summed E-state index contributed by atoms with van der Waals surface area (Å²) in [7, 11) is -3.21. The third-order valence-electron chi connectivity index (χ3n) is 3.32. The first-order chi connectivity index (χ1) is 8.75. The van der Waals surface area contributed by atoms with E-state index in [0.29, 0.717) is 32.4 Å². The maximum Gasteiger partial charge on any atom is 0.326 e. The molecule has 1 heterocycles. The second-order valence-electron chi connectivity index (χ2n) is 4.74. The number of hydrogen-bond donors (Lipinski definition) is 2. The second kappa shape index (κ2) is 6.33. The van der Waals surface area contributed by atoms with Crippen LogP contribution in [0.15, 0.2) is 0 Å². The van der Waals surface area contributed by atoms with E-state index < -0.39 is 22.0 Å². The molecule has 7 nitrogen and oxygen atoms in total. The van der Waals surface area contributed by atoms with Gasteiger partial charge in [-0.05, 0) is 19.3 Å². The fourth-order valence-corrected chi connectivity index (χ4v) is 2.95. The van der Waals surface area contributed by atoms with Gasteiger partial charge in [0, 0.05) is 19.0 Å². The summed E-state index contributed by atoms with van der Waals surface area (Å²) in [5.74, 6) is -1.67. The molecule has 0 aromatic carbocycles. The number of carbonyl (C=O) groups excluding carboxylic acids is 1. The number of sulfonamides is 1. The Hall–Kier alpha value is -1.15. The van der Waals surface area contributed by atoms with Crippen molar-refractivity contribution in [3.05, 3.63) is 0 Å². The van der Waals surface area contributed by atoms with Crippen molar-refractivity contribution in [2.45, 2.75) is 32.2 Å². The summed E-state index contributed by atoms with van der Waals surface area (Å²) in [5, 5.41) is 11.3. The molecule has 1 fully saturated rings. The molecule has 110 valence electrons. The lowest BCUT2D eigenvalue weighted by Crippen LogP contribution is -2.47. The number of amides is 1. The quantitative estimate of drug-likeness (QED) is 0.720. The van der Waals surface area contributed by atoms with Crippen LogP contribution in [0, 0.1) is 5.92 Å². The van der Waals surface area contributed by atoms with Gasteiger partial charge in [0.05, 0.1) is 6.26 Å². The first-order valence-corrected chi connectivity index (χ1v) is 8.08. The van der Waals surface area contributed by atoms with Crippen LogP contribution < -0.4 is 5.32 Å². The molecule has 0 saturated carbocycles. The van der Waals surface area contributed by atoms with Gasteiger partial charge >= 0.3 is 5.97 Å². The molecule has 1 saturated heterocycles. The molecule has 0 bridgehead atoms. The lowest BCUT2D eigenvalue weighted by atomic mass is 9.97. The summed E-state index contributed by atoms with van der Waals surface area (Å²) >= 11 is 0. The van der Waals surface area contributed by atoms with E-state index in [-0.39, 0.29) is 11.8 Å². The van der Waals surface area contributed by atoms with Gasteiger partial charge in [-0.25, -0.2) is 17.5 Å². The Balaban J connectivity index is 2.51. The van der Waals surface area contributed by atoms with E-state index in [2.05, 4.69) is 5.32 Å². The van der Waals surface area contributed by atoms with Crippen LogP contribution in [-0.4, -0.2) is 55.1 Å². The van der Waals surface area contributed by atoms with Crippen molar-refractivity contribution in [1.29, 1.82) is 0 Å². The summed E-state index contributed by atoms with van der Waals surface area (Å²) in [6.07, 6.45) is 2.32. The standard InChI is InChI=1S/C11H20N2O5S/c1-3-9(11(15)16)12-10(14)8-4-6-13(7-5-8)19(2,17)18/h8-9H,3-7H2,1-2H3,(H,12,14)(H,15,16)/t9-/m1/s1. The maximum absolute atomic E-state index is 11.9. The highest BCUT2D eigenvalue weighted by Gasteiger charge is 2.30. The van der Waals surface area contributed by atoms with Gasteiger partial charge in [-0.1, -0.05) is 6.92 Å². The Kier molecular flexibility index (Phi) is 5.30. The Morgan fingerprint density at radius 3 is 2.26 bits per heavy atom. The third kappa shape index (κ3) is 4.46. The predicted molar refractivity (Wildman–Crippen MR) is 69.0 cm³/mol. The first-order valence-electron chi connectivity index (χ1n) is 6.24. The molecule has 1 rings (SSSR count). The predicted octanol–water partition coefficient (Wildman–Crippen LogP) is -0.363. The summed E-state index contributed by atoms with van der Waals surface area (Å²) in [4.78, 5) is 22.7. The van der Waals surface area contributed by atoms with Crippen LogP contribution in [0.2, 0.25) is 0 Å². The molecule has 19 heavy (non-hydrogen) atoms. The minimum Gasteiger partial charge on any atom is -0.480 e. The highest BCUT2D eigenvalue weighted by Crippen LogP contribution is 2.19. The normalized spacial score (nSPS) is 19.9. The largest absolute Gasteiger partial charge is 0.480 e. The number of carboxylic acid groups (broad SMARTS) is 1. The number of hydrogen-bond acceptors (Lipinski definition) is 4. The van der Waals surface area contributed by atoms with E-state index in [1.54, 1.807) is 6.92 Å². The topological polar surface area (TPSA) is 104 Å². The number of piperidine rings is 1. The van der Waals surface area contributed by atoms with Crippen molar-refractivity contribution in [1.82, 2.24) is 9.62 Å². The Labute approximate surface area is 113 Å². The van der Waals surface area contributed by atoms with E-state index in [1.807, 2.05) is 0 Å². The smallest absolute Gasteiger partial charge is 0.326 e. The Morgan fingerprint density at radius 1 is 1.37 bits per heavy atom. The molecule has 0 radical (unpaired) electrons. The zero-order chi connectivity index (χ0) is 14.6. The van der Waals surface area contributed by atoms with Crippen LogP contribution in [0.5, 0.6) is 0 Å². The van der Waals surface area contributed by atoms with Gasteiger partial charge in [-0.15, -0.1) is 0 Å². The van der Waals surface area contributed by atoms with Crippen molar-refractivity contribution >= 4 is 21.9 Å². The zero-order valence-electron chi connectivity index (χ0n) is 11.1. The molecule has 1 aliphatic rings. The van der Waals surface area contributed by atoms with Crippen LogP contribution in [0.25, 0.3) is 0 Å². The van der Waals surface area contributed by atoms with Gasteiger partial charge in [0.1, 0.15) is 6.04 Å². The lowest BCUT2D eigenvalue weighted by molar-refractivity contribution is -0.142. The van der Waals surface area contributed by atoms with E-state index in [0.717, 1.165) is 6.26 Å². The van der Waals surface area contributed by atoms with Crippen molar-refractivity contribution in [3.8, 4) is 0 Å². The lowest BCUT2D eigenvalue weighted by Gasteiger charge is -2.30. The summed E-state index contributed by atoms with van der Waals surface area (Å²) in [6, 6.07) is -0.875. The Bertz CT molecular complexity index is 440. The minimum atomic E-state index is -3.21. The number of carbonyl (C=O) groups is 2. The molecule has 2 N–H and O–H groups in total. The van der Waals surface area contributed by atoms with Gasteiger partial charge < -0.3 is 10.4 Å². The van der Waals surface area contributed by atoms with E-state index in [9.17, 15) is 18.0 Å². The molecule has 1 aliphatic heterocycles. The number of nitrogens with zero attached hydrogens (tertiary/aromatic N) is 1. The summed E-state index contributed by atoms with van der Waals surface area (Å²) in [6.45, 7) is 2.30. The van der Waals surface area contributed by atoms with Gasteiger partial charge in [0.2, 0.25) is 15.9 Å². The number of nitrogens with one attached hydrogen (secondary N) is 1. The highest BCUT2D eigenvalue weighted by molar-refractivity contribution is 7.88. The SMILES string of the molecule is CC[C@@H](NC(=O)C1CCN(S(C)(=O)=O)CC1)C(=O)O. The molecule has 0 aromatic heterocycles. The molecule has 0 spiro atoms. The molecule has 1 atom stereocenters. The molecule has 1 amide bonds. The summed E-state index contributed by atoms with van der Waals surface area (Å²) < 4.78 is 24.0. The van der Waals surface area contributed by atoms with Gasteiger partial charge in [-0.2, -0.15) is 0 Å². The van der Waals surface area contributed by atoms with Crippen LogP contribution in [0.3, 0.4) is 0 Å². The molecule has 8 heteroatoms. The second-order valence-corrected chi connectivity index (χ2v) is 6.73. The van der Waals surface area contributed by atoms with E-state index in [1.165, 1.54) is 4.31 Å². The fraction of sp³-hybridized carbons (Fsp3) is 0.818. The molecule has 0 aromatic rings. The van der Waals surface area contributed by atoms with Crippen molar-refractivity contribution in [2.24, 2.45) is 5.92 Å². The molecular weight excluding hydrogens is 272 g/mol. The van der Waals surface area contributed by atoms with Crippen molar-refractivity contribution in [2.75, 3.05) is 19.3 Å². The summed E-state index contributed by atoms with van der Waals surface area (Å²) in [5.41, 5.74) is 0. The fourth-order valence-electron chi connectivity index (χ4n) is 2.08. The van der Waals surface area contributed by atoms with Crippen LogP contribution >= 0.6 is 0 Å².